The molecular formula is C23H21N3O6. The summed E-state index contributed by atoms with van der Waals surface area (Å²) in [7, 11) is 0. The smallest absolute Gasteiger partial charge is 0.275 e. The maximum Gasteiger partial charge on any atom is 0.275 e. The lowest BCUT2D eigenvalue weighted by Gasteiger charge is -2.31. The normalized spacial score (nSPS) is 16.8. The number of aromatic nitrogens is 1. The molecule has 9 nitrogen and oxygen atoms in total. The summed E-state index contributed by atoms with van der Waals surface area (Å²) < 4.78 is 15.8. The van der Waals surface area contributed by atoms with Gasteiger partial charge in [0.15, 0.2) is 29.7 Å². The van der Waals surface area contributed by atoms with Crippen LogP contribution in [0.3, 0.4) is 0 Å². The van der Waals surface area contributed by atoms with Crippen molar-refractivity contribution in [2.75, 3.05) is 33.2 Å². The highest BCUT2D eigenvalue weighted by Gasteiger charge is 2.42. The maximum atomic E-state index is 12.7. The molecule has 1 aromatic heterocycles. The van der Waals surface area contributed by atoms with Crippen molar-refractivity contribution in [2.24, 2.45) is 0 Å². The highest BCUT2D eigenvalue weighted by Crippen LogP contribution is 2.36. The predicted octanol–water partition coefficient (Wildman–Crippen LogP) is 1.90. The average molecular weight is 435 g/mol. The third kappa shape index (κ3) is 3.42. The maximum absolute atomic E-state index is 12.7. The molecule has 3 aliphatic rings. The number of carbonyl (C=O) groups excluding carboxylic acids is 2. The Balaban J connectivity index is 0.000000199. The van der Waals surface area contributed by atoms with E-state index in [1.807, 2.05) is 48.5 Å². The summed E-state index contributed by atoms with van der Waals surface area (Å²) >= 11 is 0. The molecule has 0 bridgehead atoms. The van der Waals surface area contributed by atoms with Crippen LogP contribution in [-0.2, 0) is 14.3 Å². The number of piperazine rings is 1. The Hall–Kier alpha value is -3.98. The van der Waals surface area contributed by atoms with Gasteiger partial charge in [-0.05, 0) is 18.2 Å². The molecule has 0 radical (unpaired) electrons. The fourth-order valence-corrected chi connectivity index (χ4v) is 3.88. The molecule has 1 fully saturated rings. The van der Waals surface area contributed by atoms with Crippen molar-refractivity contribution in [3.8, 4) is 11.5 Å². The van der Waals surface area contributed by atoms with E-state index in [4.69, 9.17) is 19.3 Å². The molecule has 164 valence electrons. The second-order valence-corrected chi connectivity index (χ2v) is 7.32. The van der Waals surface area contributed by atoms with Gasteiger partial charge in [0.1, 0.15) is 6.54 Å². The number of hydrogen-bond acceptors (Lipinski definition) is 6. The molecular weight excluding hydrogens is 414 g/mol. The first-order valence-electron chi connectivity index (χ1n) is 10.2. The van der Waals surface area contributed by atoms with E-state index < -0.39 is 0 Å². The van der Waals surface area contributed by atoms with Crippen molar-refractivity contribution in [1.82, 2.24) is 14.8 Å². The lowest BCUT2D eigenvalue weighted by molar-refractivity contribution is -0.146. The Morgan fingerprint density at radius 2 is 1.69 bits per heavy atom. The second-order valence-electron chi connectivity index (χ2n) is 7.32. The molecule has 32 heavy (non-hydrogen) atoms. The number of aliphatic hydroxyl groups is 1. The zero-order chi connectivity index (χ0) is 22.1. The molecule has 3 aliphatic heterocycles. The standard InChI is InChI=1S/C16H15N3O4.C7H6O2/c20-6-5-18-8-13(21)19-9-23-15(14(19)16(18)22)11-7-17-12-4-2-1-3-10(11)12;1-2-4-7-6(3-1)8-5-9-7/h1-4,7,17,20H,5-6,8-9H2;1-4H,5H2. The topological polar surface area (TPSA) is 104 Å². The number of para-hydroxylation sites is 3. The number of nitrogens with zero attached hydrogens (tertiary/aromatic N) is 2. The Bertz CT molecular complexity index is 1190. The van der Waals surface area contributed by atoms with Crippen molar-refractivity contribution in [3.05, 3.63) is 66.0 Å². The van der Waals surface area contributed by atoms with Gasteiger partial charge in [-0.25, -0.2) is 0 Å². The van der Waals surface area contributed by atoms with Crippen molar-refractivity contribution in [2.45, 2.75) is 0 Å². The minimum Gasteiger partial charge on any atom is -0.470 e. The van der Waals surface area contributed by atoms with Crippen LogP contribution in [-0.4, -0.2) is 64.9 Å². The van der Waals surface area contributed by atoms with Crippen LogP contribution >= 0.6 is 0 Å². The monoisotopic (exact) mass is 435 g/mol. The lowest BCUT2D eigenvalue weighted by Crippen LogP contribution is -2.51. The zero-order valence-corrected chi connectivity index (χ0v) is 17.1. The van der Waals surface area contributed by atoms with Gasteiger partial charge in [0.2, 0.25) is 12.7 Å². The van der Waals surface area contributed by atoms with Crippen LogP contribution in [0.4, 0.5) is 0 Å². The van der Waals surface area contributed by atoms with Gasteiger partial charge < -0.3 is 29.2 Å². The van der Waals surface area contributed by atoms with Gasteiger partial charge in [0.05, 0.1) is 6.61 Å². The Labute approximate surface area is 183 Å². The molecule has 0 saturated carbocycles. The van der Waals surface area contributed by atoms with E-state index in [-0.39, 0.29) is 43.9 Å². The summed E-state index contributed by atoms with van der Waals surface area (Å²) in [6.07, 6.45) is 1.78. The summed E-state index contributed by atoms with van der Waals surface area (Å²) in [6, 6.07) is 15.3. The van der Waals surface area contributed by atoms with E-state index in [2.05, 4.69) is 4.98 Å². The molecule has 6 rings (SSSR count). The average Bonchev–Trinajstić information content (AvgIpc) is 3.55. The number of carbonyl (C=O) groups is 2. The van der Waals surface area contributed by atoms with Gasteiger partial charge in [0.25, 0.3) is 5.91 Å². The van der Waals surface area contributed by atoms with E-state index in [1.54, 1.807) is 6.20 Å². The molecule has 3 aromatic rings. The van der Waals surface area contributed by atoms with Crippen LogP contribution < -0.4 is 9.47 Å². The van der Waals surface area contributed by atoms with E-state index >= 15 is 0 Å². The number of ether oxygens (including phenoxy) is 3. The molecule has 0 atom stereocenters. The van der Waals surface area contributed by atoms with E-state index in [0.717, 1.165) is 28.0 Å². The minimum atomic E-state index is -0.295. The Kier molecular flexibility index (Phi) is 5.16. The van der Waals surface area contributed by atoms with Crippen molar-refractivity contribution >= 4 is 28.5 Å². The molecule has 2 N–H and O–H groups in total. The second kappa shape index (κ2) is 8.27. The first-order valence-corrected chi connectivity index (χ1v) is 10.2. The Morgan fingerprint density at radius 3 is 2.44 bits per heavy atom. The summed E-state index contributed by atoms with van der Waals surface area (Å²) in [5.74, 6) is 1.60. The number of aliphatic hydroxyl groups excluding tert-OH is 1. The lowest BCUT2D eigenvalue weighted by atomic mass is 10.1. The molecule has 0 spiro atoms. The number of nitrogens with one attached hydrogen (secondary N) is 1. The van der Waals surface area contributed by atoms with Gasteiger partial charge in [-0.1, -0.05) is 30.3 Å². The van der Waals surface area contributed by atoms with Gasteiger partial charge in [-0.3, -0.25) is 14.5 Å². The van der Waals surface area contributed by atoms with Gasteiger partial charge in [-0.15, -0.1) is 0 Å². The number of hydrogen-bond donors (Lipinski definition) is 2. The van der Waals surface area contributed by atoms with Crippen LogP contribution in [0.5, 0.6) is 11.5 Å². The first kappa shape index (κ1) is 20.0. The molecule has 4 heterocycles. The number of benzene rings is 2. The highest BCUT2D eigenvalue weighted by atomic mass is 16.7. The fraction of sp³-hybridized carbons (Fsp3) is 0.217. The first-order chi connectivity index (χ1) is 15.7. The number of β-amino-alcohol motifs (C(OH)–C–C–N with tert-alkyl or cyclic N) is 1. The van der Waals surface area contributed by atoms with Crippen molar-refractivity contribution in [1.29, 1.82) is 0 Å². The summed E-state index contributed by atoms with van der Waals surface area (Å²) in [5.41, 5.74) is 1.93. The molecule has 2 amide bonds. The van der Waals surface area contributed by atoms with Gasteiger partial charge >= 0.3 is 0 Å². The SMILES string of the molecule is O=C1C2=C(c3c[nH]c4ccccc34)OCN2C(=O)CN1CCO.c1ccc2c(c1)OCO2. The predicted molar refractivity (Wildman–Crippen MR) is 114 cm³/mol. The van der Waals surface area contributed by atoms with Crippen LogP contribution in [0.2, 0.25) is 0 Å². The van der Waals surface area contributed by atoms with Crippen molar-refractivity contribution in [3.63, 3.8) is 0 Å². The van der Waals surface area contributed by atoms with E-state index in [9.17, 15) is 9.59 Å². The zero-order valence-electron chi connectivity index (χ0n) is 17.1. The molecule has 2 aromatic carbocycles. The number of aromatic amines is 1. The number of fused-ring (bicyclic) bond motifs is 3. The number of rotatable bonds is 3. The number of amides is 2. The quantitative estimate of drug-likeness (QED) is 0.651. The van der Waals surface area contributed by atoms with Crippen LogP contribution in [0.25, 0.3) is 16.7 Å². The highest BCUT2D eigenvalue weighted by molar-refractivity contribution is 6.09. The van der Waals surface area contributed by atoms with Crippen LogP contribution in [0.1, 0.15) is 5.56 Å². The molecule has 1 saturated heterocycles. The van der Waals surface area contributed by atoms with E-state index in [0.29, 0.717) is 12.6 Å². The summed E-state index contributed by atoms with van der Waals surface area (Å²) in [5, 5.41) is 10.0. The van der Waals surface area contributed by atoms with Gasteiger partial charge in [0, 0.05) is 29.2 Å². The van der Waals surface area contributed by atoms with Crippen molar-refractivity contribution < 1.29 is 28.9 Å². The van der Waals surface area contributed by atoms with Gasteiger partial charge in [-0.2, -0.15) is 0 Å². The minimum absolute atomic E-state index is 0.0343. The summed E-state index contributed by atoms with van der Waals surface area (Å²) in [6.45, 7) is 0.313. The van der Waals surface area contributed by atoms with Crippen LogP contribution in [0, 0.1) is 0 Å². The van der Waals surface area contributed by atoms with Crippen LogP contribution in [0.15, 0.2) is 60.4 Å². The third-order valence-corrected chi connectivity index (χ3v) is 5.42. The summed E-state index contributed by atoms with van der Waals surface area (Å²) in [4.78, 5) is 30.7. The fourth-order valence-electron chi connectivity index (χ4n) is 3.88. The molecule has 9 heteroatoms. The largest absolute Gasteiger partial charge is 0.470 e. The third-order valence-electron chi connectivity index (χ3n) is 5.42. The molecule has 0 unspecified atom stereocenters. The molecule has 0 aliphatic carbocycles. The Morgan fingerprint density at radius 1 is 0.969 bits per heavy atom. The van der Waals surface area contributed by atoms with E-state index in [1.165, 1.54) is 9.80 Å². The number of H-pyrrole nitrogens is 1.